The first kappa shape index (κ1) is 25.7. The van der Waals surface area contributed by atoms with E-state index in [1.807, 2.05) is 5.32 Å². The number of carbonyl (C=O) groups is 2. The van der Waals surface area contributed by atoms with Crippen molar-refractivity contribution < 1.29 is 36.6 Å². The Hall–Kier alpha value is -3.95. The molecule has 1 aromatic heterocycles. The van der Waals surface area contributed by atoms with Crippen LogP contribution in [0.4, 0.5) is 32.4 Å². The van der Waals surface area contributed by atoms with Crippen molar-refractivity contribution in [1.82, 2.24) is 15.6 Å². The summed E-state index contributed by atoms with van der Waals surface area (Å²) in [5, 5.41) is 23.0. The molecule has 1 fully saturated rings. The minimum absolute atomic E-state index is 0.0475. The summed E-state index contributed by atoms with van der Waals surface area (Å²) in [6.45, 7) is 2.39. The molecular weight excluding hydrogens is 477 g/mol. The summed E-state index contributed by atoms with van der Waals surface area (Å²) in [4.78, 5) is 29.5. The normalized spacial score (nSPS) is 18.6. The zero-order chi connectivity index (χ0) is 26.1. The van der Waals surface area contributed by atoms with Crippen molar-refractivity contribution in [1.29, 1.82) is 5.26 Å². The van der Waals surface area contributed by atoms with Crippen LogP contribution in [0.2, 0.25) is 0 Å². The highest BCUT2D eigenvalue weighted by Gasteiger charge is 2.40. The molecule has 1 aromatic carbocycles. The van der Waals surface area contributed by atoms with Gasteiger partial charge in [0.25, 0.3) is 5.91 Å². The Labute approximate surface area is 196 Å². The second-order valence-corrected chi connectivity index (χ2v) is 8.41. The summed E-state index contributed by atoms with van der Waals surface area (Å²) in [5.41, 5.74) is -2.15. The second kappa shape index (κ2) is 9.36. The molecule has 2 atom stereocenters. The molecule has 2 aromatic rings. The molecule has 2 heterocycles. The lowest BCUT2D eigenvalue weighted by molar-refractivity contribution is -0.149. The van der Waals surface area contributed by atoms with E-state index in [-0.39, 0.29) is 47.6 Å². The number of amides is 2. The van der Waals surface area contributed by atoms with Gasteiger partial charge in [-0.15, -0.1) is 0 Å². The fourth-order valence-electron chi connectivity index (χ4n) is 3.92. The third kappa shape index (κ3) is 5.59. The molecule has 1 aliphatic heterocycles. The van der Waals surface area contributed by atoms with E-state index in [2.05, 4.69) is 10.3 Å². The van der Waals surface area contributed by atoms with Crippen molar-refractivity contribution in [2.45, 2.75) is 38.0 Å². The van der Waals surface area contributed by atoms with Crippen molar-refractivity contribution in [2.24, 2.45) is 0 Å². The molecule has 1 aliphatic rings. The monoisotopic (exact) mass is 497 g/mol. The number of pyridine rings is 1. The minimum Gasteiger partial charge on any atom is -0.465 e. The number of nitrogens with one attached hydrogen (secondary N) is 2. The highest BCUT2D eigenvalue weighted by atomic mass is 19.4. The fraction of sp³-hybridized carbons (Fsp3) is 0.364. The Kier molecular flexibility index (Phi) is 6.86. The Morgan fingerprint density at radius 1 is 1.26 bits per heavy atom. The number of carbonyl (C=O) groups excluding carboxylic acids is 1. The number of rotatable bonds is 5. The Morgan fingerprint density at radius 3 is 2.43 bits per heavy atom. The molecule has 0 spiro atoms. The number of benzene rings is 1. The summed E-state index contributed by atoms with van der Waals surface area (Å²) < 4.78 is 67.3. The molecule has 1 unspecified atom stereocenters. The standard InChI is InChI=1S/C22H20F5N5O3/c1-11(22(25,26)27)30-19(33)15-9-29-16(8-28)17(12-5-13(23)7-14(24)6-12)18(15)32-4-3-21(2,10-32)31-20(34)35/h5-7,9,11,31H,3-4,10H2,1-2H3,(H,30,33)(H,34,35)/t11?,21-/m0/s1. The number of halogens is 5. The summed E-state index contributed by atoms with van der Waals surface area (Å²) in [7, 11) is 0. The zero-order valence-electron chi connectivity index (χ0n) is 18.5. The Morgan fingerprint density at radius 2 is 1.89 bits per heavy atom. The average Bonchev–Trinajstić information content (AvgIpc) is 3.11. The number of nitrogens with zero attached hydrogens (tertiary/aromatic N) is 3. The number of hydrogen-bond acceptors (Lipinski definition) is 5. The van der Waals surface area contributed by atoms with E-state index in [1.165, 1.54) is 4.90 Å². The van der Waals surface area contributed by atoms with E-state index >= 15 is 0 Å². The number of anilines is 1. The van der Waals surface area contributed by atoms with Gasteiger partial charge in [-0.3, -0.25) is 4.79 Å². The zero-order valence-corrected chi connectivity index (χ0v) is 18.5. The van der Waals surface area contributed by atoms with E-state index in [4.69, 9.17) is 5.11 Å². The van der Waals surface area contributed by atoms with Crippen LogP contribution in [0.5, 0.6) is 0 Å². The molecule has 0 radical (unpaired) electrons. The van der Waals surface area contributed by atoms with Crippen LogP contribution >= 0.6 is 0 Å². The Balaban J connectivity index is 2.23. The molecule has 186 valence electrons. The van der Waals surface area contributed by atoms with Crippen LogP contribution in [0.1, 0.15) is 36.3 Å². The molecule has 3 N–H and O–H groups in total. The molecule has 35 heavy (non-hydrogen) atoms. The molecule has 0 aliphatic carbocycles. The molecule has 0 bridgehead atoms. The van der Waals surface area contributed by atoms with Crippen LogP contribution in [0.25, 0.3) is 11.1 Å². The van der Waals surface area contributed by atoms with Crippen molar-refractivity contribution in [3.8, 4) is 17.2 Å². The third-order valence-electron chi connectivity index (χ3n) is 5.59. The SMILES string of the molecule is CC(NC(=O)c1cnc(C#N)c(-c2cc(F)cc(F)c2)c1N1CC[C@](C)(NC(=O)O)C1)C(F)(F)F. The maximum absolute atomic E-state index is 14.1. The fourth-order valence-corrected chi connectivity index (χ4v) is 3.92. The topological polar surface area (TPSA) is 118 Å². The molecular formula is C22H20F5N5O3. The van der Waals surface area contributed by atoms with Gasteiger partial charge >= 0.3 is 12.3 Å². The van der Waals surface area contributed by atoms with E-state index in [9.17, 15) is 36.8 Å². The van der Waals surface area contributed by atoms with Crippen LogP contribution in [-0.2, 0) is 0 Å². The van der Waals surface area contributed by atoms with Crippen LogP contribution in [0, 0.1) is 23.0 Å². The van der Waals surface area contributed by atoms with Crippen LogP contribution in [-0.4, -0.2) is 52.9 Å². The van der Waals surface area contributed by atoms with Crippen molar-refractivity contribution in [3.63, 3.8) is 0 Å². The lowest BCUT2D eigenvalue weighted by Gasteiger charge is -2.29. The largest absolute Gasteiger partial charge is 0.465 e. The molecule has 3 rings (SSSR count). The van der Waals surface area contributed by atoms with Crippen molar-refractivity contribution in [3.05, 3.63) is 47.3 Å². The molecule has 13 heteroatoms. The Bertz CT molecular complexity index is 1190. The first-order chi connectivity index (χ1) is 16.2. The van der Waals surface area contributed by atoms with E-state index in [0.29, 0.717) is 6.07 Å². The molecule has 1 saturated heterocycles. The predicted molar refractivity (Wildman–Crippen MR) is 114 cm³/mol. The average molecular weight is 497 g/mol. The van der Waals surface area contributed by atoms with Gasteiger partial charge in [0.05, 0.1) is 16.8 Å². The summed E-state index contributed by atoms with van der Waals surface area (Å²) in [5.74, 6) is -3.16. The lowest BCUT2D eigenvalue weighted by Crippen LogP contribution is -2.47. The molecule has 8 nitrogen and oxygen atoms in total. The van der Waals surface area contributed by atoms with E-state index in [0.717, 1.165) is 25.3 Å². The van der Waals surface area contributed by atoms with E-state index in [1.54, 1.807) is 13.0 Å². The first-order valence-corrected chi connectivity index (χ1v) is 10.3. The smallest absolute Gasteiger partial charge is 0.408 e. The van der Waals surface area contributed by atoms with Gasteiger partial charge in [0.2, 0.25) is 0 Å². The van der Waals surface area contributed by atoms with Gasteiger partial charge in [0.15, 0.2) is 0 Å². The maximum atomic E-state index is 14.1. The highest BCUT2D eigenvalue weighted by Crippen LogP contribution is 2.40. The van der Waals surface area contributed by atoms with Crippen molar-refractivity contribution >= 4 is 17.7 Å². The van der Waals surface area contributed by atoms with Crippen LogP contribution < -0.4 is 15.5 Å². The van der Waals surface area contributed by atoms with E-state index < -0.39 is 41.4 Å². The van der Waals surface area contributed by atoms with Gasteiger partial charge in [-0.05, 0) is 38.0 Å². The third-order valence-corrected chi connectivity index (χ3v) is 5.59. The maximum Gasteiger partial charge on any atom is 0.408 e. The first-order valence-electron chi connectivity index (χ1n) is 10.3. The van der Waals surface area contributed by atoms with Crippen molar-refractivity contribution in [2.75, 3.05) is 18.0 Å². The quantitative estimate of drug-likeness (QED) is 0.541. The minimum atomic E-state index is -4.75. The van der Waals surface area contributed by atoms with Gasteiger partial charge in [0, 0.05) is 30.9 Å². The number of hydrogen-bond donors (Lipinski definition) is 3. The molecule has 0 saturated carbocycles. The van der Waals surface area contributed by atoms with Crippen LogP contribution in [0.15, 0.2) is 24.4 Å². The van der Waals surface area contributed by atoms with Crippen LogP contribution in [0.3, 0.4) is 0 Å². The van der Waals surface area contributed by atoms with Gasteiger partial charge in [-0.25, -0.2) is 18.6 Å². The second-order valence-electron chi connectivity index (χ2n) is 8.41. The summed E-state index contributed by atoms with van der Waals surface area (Å²) in [6, 6.07) is 1.93. The number of aromatic nitrogens is 1. The predicted octanol–water partition coefficient (Wildman–Crippen LogP) is 3.82. The summed E-state index contributed by atoms with van der Waals surface area (Å²) in [6.07, 6.45) is -4.92. The summed E-state index contributed by atoms with van der Waals surface area (Å²) >= 11 is 0. The lowest BCUT2D eigenvalue weighted by atomic mass is 9.97. The number of alkyl halides is 3. The van der Waals surface area contributed by atoms with Gasteiger partial charge < -0.3 is 20.6 Å². The number of nitriles is 1. The number of carboxylic acid groups (broad SMARTS) is 1. The molecule has 2 amide bonds. The highest BCUT2D eigenvalue weighted by molar-refractivity contribution is 6.04. The van der Waals surface area contributed by atoms with Gasteiger partial charge in [0.1, 0.15) is 29.4 Å². The van der Waals surface area contributed by atoms with Gasteiger partial charge in [-0.1, -0.05) is 0 Å². The van der Waals surface area contributed by atoms with Gasteiger partial charge in [-0.2, -0.15) is 18.4 Å².